The molecule has 2 N–H and O–H groups in total. The number of aromatic nitrogens is 1. The van der Waals surface area contributed by atoms with E-state index in [1.807, 2.05) is 4.98 Å². The molecule has 10 heteroatoms. The summed E-state index contributed by atoms with van der Waals surface area (Å²) in [5.41, 5.74) is -2.45. The van der Waals surface area contributed by atoms with Crippen molar-refractivity contribution in [1.29, 1.82) is 0 Å². The zero-order chi connectivity index (χ0) is 16.5. The topological polar surface area (TPSA) is 96.1 Å². The van der Waals surface area contributed by atoms with Crippen molar-refractivity contribution in [3.05, 3.63) is 28.2 Å². The minimum Gasteiger partial charge on any atom is -0.327 e. The van der Waals surface area contributed by atoms with Crippen molar-refractivity contribution in [2.45, 2.75) is 19.0 Å². The number of H-pyrrole nitrogens is 1. The highest BCUT2D eigenvalue weighted by Gasteiger charge is 2.32. The van der Waals surface area contributed by atoms with Gasteiger partial charge in [0.1, 0.15) is 15.5 Å². The molecule has 0 aromatic carbocycles. The van der Waals surface area contributed by atoms with E-state index in [1.54, 1.807) is 0 Å². The fourth-order valence-electron chi connectivity index (χ4n) is 2.13. The van der Waals surface area contributed by atoms with Crippen LogP contribution in [0.1, 0.15) is 18.4 Å². The van der Waals surface area contributed by atoms with Crippen LogP contribution in [0.25, 0.3) is 0 Å². The van der Waals surface area contributed by atoms with E-state index >= 15 is 0 Å². The lowest BCUT2D eigenvalue weighted by atomic mass is 10.0. The van der Waals surface area contributed by atoms with E-state index in [9.17, 15) is 31.2 Å². The number of anilines is 1. The maximum atomic E-state index is 12.6. The molecule has 1 aromatic heterocycles. The van der Waals surface area contributed by atoms with E-state index in [0.29, 0.717) is 12.3 Å². The Morgan fingerprint density at radius 3 is 2.41 bits per heavy atom. The van der Waals surface area contributed by atoms with Crippen LogP contribution in [-0.2, 0) is 20.8 Å². The quantitative estimate of drug-likeness (QED) is 0.846. The van der Waals surface area contributed by atoms with Gasteiger partial charge in [0.05, 0.1) is 17.1 Å². The highest BCUT2D eigenvalue weighted by Crippen LogP contribution is 2.29. The number of rotatable bonds is 2. The standard InChI is InChI=1S/C12H13F3N2O4S/c13-12(14,15)8-5-9(11(19)16-6-8)17-10(18)7-1-3-22(20,21)4-2-7/h5-7H,1-4H2,(H,16,19)(H,17,18). The van der Waals surface area contributed by atoms with Gasteiger partial charge in [-0.05, 0) is 18.9 Å². The maximum Gasteiger partial charge on any atom is 0.417 e. The first kappa shape index (κ1) is 16.5. The van der Waals surface area contributed by atoms with Gasteiger partial charge < -0.3 is 10.3 Å². The first-order valence-electron chi connectivity index (χ1n) is 6.40. The monoisotopic (exact) mass is 338 g/mol. The van der Waals surface area contributed by atoms with Crippen LogP contribution >= 0.6 is 0 Å². The lowest BCUT2D eigenvalue weighted by Crippen LogP contribution is -2.33. The molecule has 0 unspecified atom stereocenters. The summed E-state index contributed by atoms with van der Waals surface area (Å²) in [7, 11) is -3.15. The molecule has 0 saturated carbocycles. The van der Waals surface area contributed by atoms with Crippen LogP contribution in [0.4, 0.5) is 18.9 Å². The van der Waals surface area contributed by atoms with E-state index in [-0.39, 0.29) is 24.3 Å². The molecule has 2 heterocycles. The van der Waals surface area contributed by atoms with Crippen LogP contribution in [-0.4, -0.2) is 30.8 Å². The lowest BCUT2D eigenvalue weighted by Gasteiger charge is -2.21. The summed E-state index contributed by atoms with van der Waals surface area (Å²) in [6, 6.07) is 0.552. The predicted octanol–water partition coefficient (Wildman–Crippen LogP) is 1.16. The molecule has 1 aliphatic rings. The van der Waals surface area contributed by atoms with Gasteiger partial charge >= 0.3 is 6.18 Å². The van der Waals surface area contributed by atoms with Gasteiger partial charge in [-0.1, -0.05) is 0 Å². The van der Waals surface area contributed by atoms with Crippen molar-refractivity contribution in [3.63, 3.8) is 0 Å². The Balaban J connectivity index is 2.14. The van der Waals surface area contributed by atoms with Gasteiger partial charge in [-0.25, -0.2) is 8.42 Å². The number of sulfone groups is 1. The fraction of sp³-hybridized carbons (Fsp3) is 0.500. The van der Waals surface area contributed by atoms with Crippen molar-refractivity contribution < 1.29 is 26.4 Å². The molecule has 1 amide bonds. The van der Waals surface area contributed by atoms with Crippen molar-refractivity contribution >= 4 is 21.4 Å². The average Bonchev–Trinajstić information content (AvgIpc) is 2.39. The van der Waals surface area contributed by atoms with Crippen molar-refractivity contribution in [1.82, 2.24) is 4.98 Å². The molecule has 1 aliphatic heterocycles. The van der Waals surface area contributed by atoms with E-state index < -0.39 is 44.6 Å². The fourth-order valence-corrected chi connectivity index (χ4v) is 3.62. The van der Waals surface area contributed by atoms with Gasteiger partial charge in [-0.3, -0.25) is 9.59 Å². The predicted molar refractivity (Wildman–Crippen MR) is 72.1 cm³/mol. The van der Waals surface area contributed by atoms with Crippen LogP contribution in [0.2, 0.25) is 0 Å². The Morgan fingerprint density at radius 1 is 1.27 bits per heavy atom. The number of hydrogen-bond acceptors (Lipinski definition) is 4. The third-order valence-corrected chi connectivity index (χ3v) is 5.13. The van der Waals surface area contributed by atoms with Crippen LogP contribution in [0.3, 0.4) is 0 Å². The molecule has 0 aliphatic carbocycles. The van der Waals surface area contributed by atoms with Crippen LogP contribution in [0.15, 0.2) is 17.1 Å². The molecule has 0 atom stereocenters. The Labute approximate surface area is 123 Å². The first-order valence-corrected chi connectivity index (χ1v) is 8.22. The van der Waals surface area contributed by atoms with E-state index in [4.69, 9.17) is 0 Å². The Bertz CT molecular complexity index is 725. The Morgan fingerprint density at radius 2 is 1.86 bits per heavy atom. The molecular weight excluding hydrogens is 325 g/mol. The maximum absolute atomic E-state index is 12.6. The number of carbonyl (C=O) groups is 1. The number of hydrogen-bond donors (Lipinski definition) is 2. The van der Waals surface area contributed by atoms with Crippen LogP contribution in [0.5, 0.6) is 0 Å². The Kier molecular flexibility index (Phi) is 4.32. The van der Waals surface area contributed by atoms with Crippen LogP contribution in [0, 0.1) is 5.92 Å². The summed E-state index contributed by atoms with van der Waals surface area (Å²) in [5.74, 6) is -1.59. The molecule has 0 bridgehead atoms. The lowest BCUT2D eigenvalue weighted by molar-refractivity contribution is -0.137. The zero-order valence-electron chi connectivity index (χ0n) is 11.2. The number of halogens is 3. The minimum absolute atomic E-state index is 0.0883. The molecule has 0 radical (unpaired) electrons. The second kappa shape index (κ2) is 5.75. The summed E-state index contributed by atoms with van der Waals surface area (Å²) < 4.78 is 60.3. The number of nitrogens with one attached hydrogen (secondary N) is 2. The van der Waals surface area contributed by atoms with Crippen molar-refractivity contribution in [3.8, 4) is 0 Å². The van der Waals surface area contributed by atoms with Crippen molar-refractivity contribution in [2.75, 3.05) is 16.8 Å². The third-order valence-electron chi connectivity index (χ3n) is 3.41. The minimum atomic E-state index is -4.65. The number of amides is 1. The molecule has 6 nitrogen and oxygen atoms in total. The summed E-state index contributed by atoms with van der Waals surface area (Å²) in [4.78, 5) is 25.3. The summed E-state index contributed by atoms with van der Waals surface area (Å²) in [6.07, 6.45) is -3.95. The molecular formula is C12H13F3N2O4S. The molecule has 1 saturated heterocycles. The molecule has 122 valence electrons. The largest absolute Gasteiger partial charge is 0.417 e. The number of carbonyl (C=O) groups excluding carboxylic acids is 1. The number of pyridine rings is 1. The van der Waals surface area contributed by atoms with Crippen molar-refractivity contribution in [2.24, 2.45) is 5.92 Å². The second-order valence-corrected chi connectivity index (χ2v) is 7.35. The number of alkyl halides is 3. The van der Waals surface area contributed by atoms with Gasteiger partial charge in [0.2, 0.25) is 5.91 Å². The summed E-state index contributed by atoms with van der Waals surface area (Å²) >= 11 is 0. The Hall–Kier alpha value is -1.84. The number of aromatic amines is 1. The smallest absolute Gasteiger partial charge is 0.327 e. The highest BCUT2D eigenvalue weighted by molar-refractivity contribution is 7.91. The first-order chi connectivity index (χ1) is 10.1. The second-order valence-electron chi connectivity index (χ2n) is 5.04. The molecule has 0 spiro atoms. The molecule has 1 fully saturated rings. The summed E-state index contributed by atoms with van der Waals surface area (Å²) in [6.45, 7) is 0. The van der Waals surface area contributed by atoms with E-state index in [1.165, 1.54) is 0 Å². The van der Waals surface area contributed by atoms with Gasteiger partial charge in [0, 0.05) is 12.1 Å². The normalized spacial score (nSPS) is 18.9. The van der Waals surface area contributed by atoms with Gasteiger partial charge in [-0.15, -0.1) is 0 Å². The molecule has 1 aromatic rings. The van der Waals surface area contributed by atoms with Crippen LogP contribution < -0.4 is 10.9 Å². The van der Waals surface area contributed by atoms with Gasteiger partial charge in [-0.2, -0.15) is 13.2 Å². The van der Waals surface area contributed by atoms with E-state index in [0.717, 1.165) is 0 Å². The van der Waals surface area contributed by atoms with Gasteiger partial charge in [0.25, 0.3) is 5.56 Å². The summed E-state index contributed by atoms with van der Waals surface area (Å²) in [5, 5.41) is 2.14. The highest BCUT2D eigenvalue weighted by atomic mass is 32.2. The zero-order valence-corrected chi connectivity index (χ0v) is 12.1. The molecule has 2 rings (SSSR count). The van der Waals surface area contributed by atoms with Gasteiger partial charge in [0.15, 0.2) is 0 Å². The SMILES string of the molecule is O=C(Nc1cc(C(F)(F)F)c[nH]c1=O)C1CCS(=O)(=O)CC1. The van der Waals surface area contributed by atoms with E-state index in [2.05, 4.69) is 5.32 Å². The third kappa shape index (κ3) is 3.87. The molecule has 22 heavy (non-hydrogen) atoms. The average molecular weight is 338 g/mol.